The summed E-state index contributed by atoms with van der Waals surface area (Å²) >= 11 is 0. The molecule has 3 rings (SSSR count). The number of carbonyl (C=O) groups is 1. The first-order valence-corrected chi connectivity index (χ1v) is 7.96. The van der Waals surface area contributed by atoms with Crippen molar-refractivity contribution < 1.29 is 9.53 Å². The molecule has 1 unspecified atom stereocenters. The Labute approximate surface area is 125 Å². The highest BCUT2D eigenvalue weighted by molar-refractivity contribution is 5.76. The largest absolute Gasteiger partial charge is 0.378 e. The van der Waals surface area contributed by atoms with E-state index in [0.717, 1.165) is 50.6 Å². The third kappa shape index (κ3) is 3.10. The third-order valence-electron chi connectivity index (χ3n) is 4.36. The fraction of sp³-hybridized carbons (Fsp3) is 0.800. The van der Waals surface area contributed by atoms with Crippen LogP contribution in [0.1, 0.15) is 57.1 Å². The van der Waals surface area contributed by atoms with E-state index in [1.165, 1.54) is 0 Å². The molecule has 1 atom stereocenters. The van der Waals surface area contributed by atoms with Gasteiger partial charge in [-0.15, -0.1) is 10.2 Å². The summed E-state index contributed by atoms with van der Waals surface area (Å²) in [7, 11) is 0. The van der Waals surface area contributed by atoms with Crippen molar-refractivity contribution in [2.24, 2.45) is 0 Å². The Bertz CT molecular complexity index is 506. The molecular formula is C15H24N4O2. The molecule has 0 radical (unpaired) electrons. The normalized spacial score (nSPS) is 21.9. The molecule has 0 bridgehead atoms. The molecule has 1 amide bonds. The SMILES string of the molecule is CC(C)c1nnc2n1CCN(C(=O)CCC1CCCO1)C2. The van der Waals surface area contributed by atoms with Crippen LogP contribution in [0.3, 0.4) is 0 Å². The van der Waals surface area contributed by atoms with E-state index in [-0.39, 0.29) is 12.0 Å². The Morgan fingerprint density at radius 1 is 1.38 bits per heavy atom. The van der Waals surface area contributed by atoms with Gasteiger partial charge in [0.2, 0.25) is 5.91 Å². The second-order valence-corrected chi connectivity index (χ2v) is 6.27. The molecule has 6 heteroatoms. The second-order valence-electron chi connectivity index (χ2n) is 6.27. The number of carbonyl (C=O) groups excluding carboxylic acids is 1. The summed E-state index contributed by atoms with van der Waals surface area (Å²) in [5.74, 6) is 2.52. The Hall–Kier alpha value is -1.43. The maximum Gasteiger partial charge on any atom is 0.223 e. The minimum Gasteiger partial charge on any atom is -0.378 e. The van der Waals surface area contributed by atoms with Gasteiger partial charge in [0.25, 0.3) is 0 Å². The van der Waals surface area contributed by atoms with Crippen LogP contribution in [0.2, 0.25) is 0 Å². The van der Waals surface area contributed by atoms with E-state index in [1.54, 1.807) is 0 Å². The maximum absolute atomic E-state index is 12.3. The molecule has 6 nitrogen and oxygen atoms in total. The van der Waals surface area contributed by atoms with Gasteiger partial charge in [-0.05, 0) is 19.3 Å². The minimum atomic E-state index is 0.214. The molecule has 3 heterocycles. The second kappa shape index (κ2) is 6.13. The van der Waals surface area contributed by atoms with Gasteiger partial charge in [0.05, 0.1) is 12.6 Å². The van der Waals surface area contributed by atoms with Gasteiger partial charge in [-0.2, -0.15) is 0 Å². The third-order valence-corrected chi connectivity index (χ3v) is 4.36. The summed E-state index contributed by atoms with van der Waals surface area (Å²) in [6, 6.07) is 0. The Kier molecular flexibility index (Phi) is 4.24. The standard InChI is InChI=1S/C15H24N4O2/c1-11(2)15-17-16-13-10-18(7-8-19(13)15)14(20)6-5-12-4-3-9-21-12/h11-12H,3-10H2,1-2H3. The van der Waals surface area contributed by atoms with Crippen molar-refractivity contribution in [3.8, 4) is 0 Å². The van der Waals surface area contributed by atoms with Gasteiger partial charge >= 0.3 is 0 Å². The number of amides is 1. The summed E-state index contributed by atoms with van der Waals surface area (Å²) < 4.78 is 7.74. The average molecular weight is 292 g/mol. The predicted octanol–water partition coefficient (Wildman–Crippen LogP) is 1.70. The fourth-order valence-electron chi connectivity index (χ4n) is 3.13. The molecule has 0 aliphatic carbocycles. The monoisotopic (exact) mass is 292 g/mol. The Morgan fingerprint density at radius 2 is 2.24 bits per heavy atom. The van der Waals surface area contributed by atoms with E-state index >= 15 is 0 Å². The fourth-order valence-corrected chi connectivity index (χ4v) is 3.13. The number of ether oxygens (including phenoxy) is 1. The van der Waals surface area contributed by atoms with Crippen molar-refractivity contribution in [3.05, 3.63) is 11.6 Å². The van der Waals surface area contributed by atoms with E-state index in [1.807, 2.05) is 4.90 Å². The number of rotatable bonds is 4. The molecule has 1 fully saturated rings. The van der Waals surface area contributed by atoms with Gasteiger partial charge in [-0.25, -0.2) is 0 Å². The zero-order valence-electron chi connectivity index (χ0n) is 12.9. The van der Waals surface area contributed by atoms with E-state index in [0.29, 0.717) is 18.9 Å². The lowest BCUT2D eigenvalue weighted by molar-refractivity contribution is -0.133. The Balaban J connectivity index is 1.56. The molecule has 0 saturated carbocycles. The highest BCUT2D eigenvalue weighted by Gasteiger charge is 2.26. The lowest BCUT2D eigenvalue weighted by atomic mass is 10.1. The summed E-state index contributed by atoms with van der Waals surface area (Å²) in [6.45, 7) is 7.25. The molecule has 0 N–H and O–H groups in total. The number of aromatic nitrogens is 3. The lowest BCUT2D eigenvalue weighted by Crippen LogP contribution is -2.39. The van der Waals surface area contributed by atoms with Crippen molar-refractivity contribution in [2.75, 3.05) is 13.2 Å². The summed E-state index contributed by atoms with van der Waals surface area (Å²) in [6.07, 6.45) is 3.94. The molecule has 1 saturated heterocycles. The molecule has 1 aromatic heterocycles. The lowest BCUT2D eigenvalue weighted by Gasteiger charge is -2.28. The first kappa shape index (κ1) is 14.5. The van der Waals surface area contributed by atoms with Crippen LogP contribution in [0.4, 0.5) is 0 Å². The van der Waals surface area contributed by atoms with Crippen LogP contribution in [-0.2, 0) is 22.6 Å². The molecule has 1 aromatic rings. The number of hydrogen-bond acceptors (Lipinski definition) is 4. The van der Waals surface area contributed by atoms with Crippen LogP contribution >= 0.6 is 0 Å². The van der Waals surface area contributed by atoms with Crippen molar-refractivity contribution in [1.29, 1.82) is 0 Å². The van der Waals surface area contributed by atoms with E-state index < -0.39 is 0 Å². The van der Waals surface area contributed by atoms with Crippen LogP contribution in [0.25, 0.3) is 0 Å². The minimum absolute atomic E-state index is 0.214. The van der Waals surface area contributed by atoms with Crippen molar-refractivity contribution in [3.63, 3.8) is 0 Å². The van der Waals surface area contributed by atoms with Gasteiger partial charge in [-0.3, -0.25) is 4.79 Å². The van der Waals surface area contributed by atoms with Crippen LogP contribution in [0.15, 0.2) is 0 Å². The zero-order chi connectivity index (χ0) is 14.8. The van der Waals surface area contributed by atoms with Crippen molar-refractivity contribution in [1.82, 2.24) is 19.7 Å². The first-order chi connectivity index (χ1) is 10.1. The van der Waals surface area contributed by atoms with E-state index in [9.17, 15) is 4.79 Å². The van der Waals surface area contributed by atoms with Gasteiger partial charge in [0, 0.05) is 32.0 Å². The van der Waals surface area contributed by atoms with Gasteiger partial charge in [0.15, 0.2) is 5.82 Å². The maximum atomic E-state index is 12.3. The molecule has 0 aromatic carbocycles. The molecule has 21 heavy (non-hydrogen) atoms. The summed E-state index contributed by atoms with van der Waals surface area (Å²) in [5.41, 5.74) is 0. The Morgan fingerprint density at radius 3 is 2.95 bits per heavy atom. The highest BCUT2D eigenvalue weighted by atomic mass is 16.5. The van der Waals surface area contributed by atoms with Crippen LogP contribution in [-0.4, -0.2) is 44.8 Å². The van der Waals surface area contributed by atoms with E-state index in [2.05, 4.69) is 28.6 Å². The quantitative estimate of drug-likeness (QED) is 0.847. The van der Waals surface area contributed by atoms with Gasteiger partial charge in [0.1, 0.15) is 5.82 Å². The van der Waals surface area contributed by atoms with Crippen molar-refractivity contribution in [2.45, 2.75) is 64.6 Å². The number of nitrogens with zero attached hydrogens (tertiary/aromatic N) is 4. The topological polar surface area (TPSA) is 60.2 Å². The van der Waals surface area contributed by atoms with Gasteiger partial charge < -0.3 is 14.2 Å². The number of fused-ring (bicyclic) bond motifs is 1. The van der Waals surface area contributed by atoms with Crippen LogP contribution in [0, 0.1) is 0 Å². The van der Waals surface area contributed by atoms with E-state index in [4.69, 9.17) is 4.74 Å². The molecule has 2 aliphatic rings. The zero-order valence-corrected chi connectivity index (χ0v) is 12.9. The summed E-state index contributed by atoms with van der Waals surface area (Å²) in [5, 5.41) is 8.50. The van der Waals surface area contributed by atoms with Crippen molar-refractivity contribution >= 4 is 5.91 Å². The van der Waals surface area contributed by atoms with Crippen LogP contribution < -0.4 is 0 Å². The average Bonchev–Trinajstić information content (AvgIpc) is 3.13. The highest BCUT2D eigenvalue weighted by Crippen LogP contribution is 2.21. The number of hydrogen-bond donors (Lipinski definition) is 0. The molecule has 116 valence electrons. The predicted molar refractivity (Wildman–Crippen MR) is 77.7 cm³/mol. The first-order valence-electron chi connectivity index (χ1n) is 7.96. The smallest absolute Gasteiger partial charge is 0.223 e. The molecule has 0 spiro atoms. The molecule has 2 aliphatic heterocycles. The summed E-state index contributed by atoms with van der Waals surface area (Å²) in [4.78, 5) is 14.2. The molecular weight excluding hydrogens is 268 g/mol. The van der Waals surface area contributed by atoms with Gasteiger partial charge in [-0.1, -0.05) is 13.8 Å². The van der Waals surface area contributed by atoms with Crippen LogP contribution in [0.5, 0.6) is 0 Å².